The van der Waals surface area contributed by atoms with E-state index in [0.29, 0.717) is 10.9 Å². The predicted molar refractivity (Wildman–Crippen MR) is 94.8 cm³/mol. The molecule has 0 spiro atoms. The van der Waals surface area contributed by atoms with Crippen LogP contribution in [0.3, 0.4) is 0 Å². The lowest BCUT2D eigenvalue weighted by Gasteiger charge is -2.20. The van der Waals surface area contributed by atoms with Gasteiger partial charge in [0.05, 0.1) is 12.0 Å². The van der Waals surface area contributed by atoms with Crippen LogP contribution < -0.4 is 5.32 Å². The molecule has 0 radical (unpaired) electrons. The maximum Gasteiger partial charge on any atom is 0.236 e. The Bertz CT molecular complexity index is 578. The number of rotatable bonds is 4. The molecule has 3 rings (SSSR count). The number of nitrogens with zero attached hydrogens (tertiary/aromatic N) is 2. The summed E-state index contributed by atoms with van der Waals surface area (Å²) < 4.78 is 0. The second kappa shape index (κ2) is 7.83. The molecule has 1 N–H and O–H groups in total. The zero-order valence-corrected chi connectivity index (χ0v) is 14.0. The van der Waals surface area contributed by atoms with Crippen LogP contribution in [0.15, 0.2) is 39.4 Å². The van der Waals surface area contributed by atoms with Crippen molar-refractivity contribution in [3.63, 3.8) is 0 Å². The topological polar surface area (TPSA) is 53.8 Å². The molecule has 1 saturated carbocycles. The second-order valence-electron chi connectivity index (χ2n) is 5.43. The van der Waals surface area contributed by atoms with Gasteiger partial charge in [-0.15, -0.1) is 16.9 Å². The van der Waals surface area contributed by atoms with Crippen LogP contribution in [0, 0.1) is 0 Å². The average Bonchev–Trinajstić information content (AvgIpc) is 2.96. The van der Waals surface area contributed by atoms with Gasteiger partial charge in [0.1, 0.15) is 0 Å². The Balaban J connectivity index is 1.53. The van der Waals surface area contributed by atoms with E-state index >= 15 is 0 Å². The van der Waals surface area contributed by atoms with Crippen molar-refractivity contribution in [2.45, 2.75) is 42.2 Å². The van der Waals surface area contributed by atoms with Gasteiger partial charge in [-0.3, -0.25) is 4.79 Å². The number of benzene rings is 1. The Morgan fingerprint density at radius 2 is 1.95 bits per heavy atom. The van der Waals surface area contributed by atoms with Crippen molar-refractivity contribution in [2.24, 2.45) is 10.2 Å². The molecule has 1 aliphatic carbocycles. The summed E-state index contributed by atoms with van der Waals surface area (Å²) in [6.45, 7) is 0. The minimum Gasteiger partial charge on any atom is -0.303 e. The first-order valence-electron chi connectivity index (χ1n) is 7.60. The Hall–Kier alpha value is -1.27. The van der Waals surface area contributed by atoms with Gasteiger partial charge in [-0.1, -0.05) is 43.2 Å². The van der Waals surface area contributed by atoms with Crippen molar-refractivity contribution in [3.05, 3.63) is 29.8 Å². The van der Waals surface area contributed by atoms with E-state index in [1.54, 1.807) is 6.21 Å². The highest BCUT2D eigenvalue weighted by Gasteiger charge is 2.16. The zero-order valence-electron chi connectivity index (χ0n) is 12.3. The molecule has 1 amide bonds. The molecule has 0 bridgehead atoms. The van der Waals surface area contributed by atoms with E-state index < -0.39 is 0 Å². The second-order valence-corrected chi connectivity index (χ2v) is 7.77. The number of carbonyl (C=O) groups is 1. The van der Waals surface area contributed by atoms with Crippen LogP contribution >= 0.6 is 23.5 Å². The summed E-state index contributed by atoms with van der Waals surface area (Å²) in [5, 5.41) is 12.0. The predicted octanol–water partition coefficient (Wildman–Crippen LogP) is 3.66. The number of amides is 1. The van der Waals surface area contributed by atoms with Crippen molar-refractivity contribution >= 4 is 40.8 Å². The lowest BCUT2D eigenvalue weighted by atomic mass is 10.0. The van der Waals surface area contributed by atoms with Gasteiger partial charge in [-0.25, -0.2) is 0 Å². The maximum absolute atomic E-state index is 11.0. The van der Waals surface area contributed by atoms with Crippen LogP contribution in [-0.4, -0.2) is 28.3 Å². The third-order valence-corrected chi connectivity index (χ3v) is 5.89. The lowest BCUT2D eigenvalue weighted by Crippen LogP contribution is -2.19. The van der Waals surface area contributed by atoms with E-state index in [1.807, 2.05) is 11.8 Å². The summed E-state index contributed by atoms with van der Waals surface area (Å²) in [5.74, 6) is 0.421. The third kappa shape index (κ3) is 4.61. The van der Waals surface area contributed by atoms with E-state index in [2.05, 4.69) is 39.8 Å². The van der Waals surface area contributed by atoms with Gasteiger partial charge in [-0.2, -0.15) is 5.10 Å². The van der Waals surface area contributed by atoms with Crippen molar-refractivity contribution in [1.82, 2.24) is 5.32 Å². The van der Waals surface area contributed by atoms with Crippen LogP contribution in [0.1, 0.15) is 37.7 Å². The van der Waals surface area contributed by atoms with Gasteiger partial charge in [0.15, 0.2) is 5.17 Å². The summed E-state index contributed by atoms with van der Waals surface area (Å²) in [5.41, 5.74) is 1.02. The van der Waals surface area contributed by atoms with E-state index in [0.717, 1.165) is 10.8 Å². The molecule has 1 aromatic carbocycles. The smallest absolute Gasteiger partial charge is 0.236 e. The summed E-state index contributed by atoms with van der Waals surface area (Å²) in [7, 11) is 0. The first-order chi connectivity index (χ1) is 10.8. The molecule has 0 aromatic heterocycles. The first kappa shape index (κ1) is 15.6. The highest BCUT2D eigenvalue weighted by molar-refractivity contribution is 8.15. The summed E-state index contributed by atoms with van der Waals surface area (Å²) in [4.78, 5) is 12.3. The zero-order chi connectivity index (χ0) is 15.2. The van der Waals surface area contributed by atoms with Crippen molar-refractivity contribution in [3.8, 4) is 0 Å². The minimum atomic E-state index is -0.0111. The standard InChI is InChI=1S/C16H19N3OS2/c20-15-11-21-16(18-15)19-17-10-12-6-8-14(9-7-12)22-13-4-2-1-3-5-13/h6-10,13H,1-5,11H2,(H,18,19,20). The molecule has 2 fully saturated rings. The summed E-state index contributed by atoms with van der Waals surface area (Å²) in [6.07, 6.45) is 8.54. The highest BCUT2D eigenvalue weighted by atomic mass is 32.2. The lowest BCUT2D eigenvalue weighted by molar-refractivity contribution is -0.116. The van der Waals surface area contributed by atoms with Gasteiger partial charge in [0.2, 0.25) is 5.91 Å². The van der Waals surface area contributed by atoms with Gasteiger partial charge in [0, 0.05) is 10.1 Å². The molecular weight excluding hydrogens is 314 g/mol. The molecule has 6 heteroatoms. The van der Waals surface area contributed by atoms with Gasteiger partial charge >= 0.3 is 0 Å². The summed E-state index contributed by atoms with van der Waals surface area (Å²) in [6, 6.07) is 8.43. The van der Waals surface area contributed by atoms with Crippen LogP contribution in [0.2, 0.25) is 0 Å². The van der Waals surface area contributed by atoms with E-state index in [4.69, 9.17) is 0 Å². The molecule has 1 saturated heterocycles. The number of hydrogen-bond donors (Lipinski definition) is 1. The van der Waals surface area contributed by atoms with E-state index in [9.17, 15) is 4.79 Å². The normalized spacial score (nSPS) is 21.6. The van der Waals surface area contributed by atoms with Crippen molar-refractivity contribution in [2.75, 3.05) is 5.75 Å². The summed E-state index contributed by atoms with van der Waals surface area (Å²) >= 11 is 3.37. The van der Waals surface area contributed by atoms with Crippen molar-refractivity contribution < 1.29 is 4.79 Å². The minimum absolute atomic E-state index is 0.0111. The number of nitrogens with one attached hydrogen (secondary N) is 1. The molecule has 0 atom stereocenters. The van der Waals surface area contributed by atoms with Crippen LogP contribution in [0.5, 0.6) is 0 Å². The average molecular weight is 333 g/mol. The molecule has 116 valence electrons. The van der Waals surface area contributed by atoms with Crippen LogP contribution in [-0.2, 0) is 4.79 Å². The van der Waals surface area contributed by atoms with E-state index in [-0.39, 0.29) is 5.91 Å². The molecule has 1 aliphatic heterocycles. The molecule has 2 aliphatic rings. The van der Waals surface area contributed by atoms with Crippen LogP contribution in [0.4, 0.5) is 0 Å². The molecule has 1 heterocycles. The number of amidine groups is 1. The monoisotopic (exact) mass is 333 g/mol. The Kier molecular flexibility index (Phi) is 5.56. The fourth-order valence-electron chi connectivity index (χ4n) is 2.54. The fraction of sp³-hybridized carbons (Fsp3) is 0.438. The Labute approximate surface area is 139 Å². The first-order valence-corrected chi connectivity index (χ1v) is 9.46. The highest BCUT2D eigenvalue weighted by Crippen LogP contribution is 2.33. The maximum atomic E-state index is 11.0. The largest absolute Gasteiger partial charge is 0.303 e. The molecule has 22 heavy (non-hydrogen) atoms. The Morgan fingerprint density at radius 3 is 2.64 bits per heavy atom. The van der Waals surface area contributed by atoms with Gasteiger partial charge < -0.3 is 5.32 Å². The molecule has 1 aromatic rings. The SMILES string of the molecule is O=C1CSC(=NN=Cc2ccc(SC3CCCCC3)cc2)N1. The number of carbonyl (C=O) groups excluding carboxylic acids is 1. The molecule has 0 unspecified atom stereocenters. The van der Waals surface area contributed by atoms with Crippen molar-refractivity contribution in [1.29, 1.82) is 0 Å². The van der Waals surface area contributed by atoms with Gasteiger partial charge in [-0.05, 0) is 30.5 Å². The quantitative estimate of drug-likeness (QED) is 0.676. The van der Waals surface area contributed by atoms with Crippen LogP contribution in [0.25, 0.3) is 0 Å². The van der Waals surface area contributed by atoms with Gasteiger partial charge in [0.25, 0.3) is 0 Å². The van der Waals surface area contributed by atoms with E-state index in [1.165, 1.54) is 48.8 Å². The number of thioether (sulfide) groups is 2. The number of hydrogen-bond acceptors (Lipinski definition) is 5. The fourth-order valence-corrected chi connectivity index (χ4v) is 4.41. The third-order valence-electron chi connectivity index (χ3n) is 3.68. The molecular formula is C16H19N3OS2. The Morgan fingerprint density at radius 1 is 1.18 bits per heavy atom. The molecule has 4 nitrogen and oxygen atoms in total.